The predicted molar refractivity (Wildman–Crippen MR) is 84.8 cm³/mol. The van der Waals surface area contributed by atoms with E-state index in [1.165, 1.54) is 6.07 Å². The van der Waals surface area contributed by atoms with E-state index in [1.54, 1.807) is 28.9 Å². The largest absolute Gasteiger partial charge is 0.344 e. The van der Waals surface area contributed by atoms with Gasteiger partial charge < -0.3 is 15.1 Å². The molecule has 1 aromatic rings. The molecule has 0 aliphatic carbocycles. The normalized spacial score (nSPS) is 20.9. The fraction of sp³-hybridized carbons (Fsp3) is 0.471. The van der Waals surface area contributed by atoms with Crippen LogP contribution in [0.2, 0.25) is 0 Å². The summed E-state index contributed by atoms with van der Waals surface area (Å²) in [6.45, 7) is 3.30. The van der Waals surface area contributed by atoms with E-state index in [-0.39, 0.29) is 17.7 Å². The molecule has 0 aromatic heterocycles. The molecule has 0 bridgehead atoms. The van der Waals surface area contributed by atoms with E-state index >= 15 is 0 Å². The number of nitrogens with zero attached hydrogens (tertiary/aromatic N) is 2. The Kier molecular flexibility index (Phi) is 4.51. The van der Waals surface area contributed by atoms with Crippen molar-refractivity contribution in [3.63, 3.8) is 0 Å². The molecule has 1 unspecified atom stereocenters. The first-order chi connectivity index (χ1) is 11.5. The van der Waals surface area contributed by atoms with Gasteiger partial charge in [-0.25, -0.2) is 4.39 Å². The molecule has 2 heterocycles. The van der Waals surface area contributed by atoms with Gasteiger partial charge in [0, 0.05) is 38.2 Å². The Hall–Kier alpha value is -2.44. The van der Waals surface area contributed by atoms with Gasteiger partial charge in [-0.05, 0) is 31.0 Å². The summed E-state index contributed by atoms with van der Waals surface area (Å²) in [5, 5.41) is 2.67. The lowest BCUT2D eigenvalue weighted by Gasteiger charge is -2.36. The average Bonchev–Trinajstić information content (AvgIpc) is 3.02. The number of carbonyl (C=O) groups is 3. The Morgan fingerprint density at radius 2 is 1.83 bits per heavy atom. The molecule has 24 heavy (non-hydrogen) atoms. The number of hydrogen-bond acceptors (Lipinski definition) is 3. The van der Waals surface area contributed by atoms with E-state index in [9.17, 15) is 18.8 Å². The third-order valence-corrected chi connectivity index (χ3v) is 4.59. The van der Waals surface area contributed by atoms with Crippen LogP contribution in [-0.4, -0.2) is 59.7 Å². The molecule has 1 atom stereocenters. The van der Waals surface area contributed by atoms with Crippen molar-refractivity contribution in [3.8, 4) is 0 Å². The Morgan fingerprint density at radius 3 is 2.42 bits per heavy atom. The van der Waals surface area contributed by atoms with Crippen LogP contribution in [0.25, 0.3) is 0 Å². The summed E-state index contributed by atoms with van der Waals surface area (Å²) < 4.78 is 13.6. The van der Waals surface area contributed by atoms with Crippen molar-refractivity contribution in [1.82, 2.24) is 15.1 Å². The van der Waals surface area contributed by atoms with Crippen LogP contribution in [0.3, 0.4) is 0 Å². The molecular formula is C17H20FN3O3. The van der Waals surface area contributed by atoms with Gasteiger partial charge in [0.15, 0.2) is 0 Å². The minimum atomic E-state index is -0.439. The second-order valence-electron chi connectivity index (χ2n) is 6.24. The number of rotatable bonds is 2. The lowest BCUT2D eigenvalue weighted by atomic mass is 10.1. The highest BCUT2D eigenvalue weighted by molar-refractivity contribution is 5.95. The van der Waals surface area contributed by atoms with E-state index in [0.717, 1.165) is 0 Å². The van der Waals surface area contributed by atoms with Crippen LogP contribution in [0.15, 0.2) is 18.2 Å². The van der Waals surface area contributed by atoms with Crippen LogP contribution in [0, 0.1) is 12.7 Å². The summed E-state index contributed by atoms with van der Waals surface area (Å²) in [4.78, 5) is 39.3. The molecule has 1 N–H and O–H groups in total. The Bertz CT molecular complexity index is 684. The highest BCUT2D eigenvalue weighted by Gasteiger charge is 2.33. The molecule has 2 aliphatic rings. The van der Waals surface area contributed by atoms with Crippen LogP contribution in [0.5, 0.6) is 0 Å². The van der Waals surface area contributed by atoms with Crippen LogP contribution in [0.4, 0.5) is 4.39 Å². The molecule has 0 spiro atoms. The van der Waals surface area contributed by atoms with E-state index in [0.29, 0.717) is 50.1 Å². The molecule has 0 radical (unpaired) electrons. The molecular weight excluding hydrogens is 313 g/mol. The smallest absolute Gasteiger partial charge is 0.254 e. The van der Waals surface area contributed by atoms with Gasteiger partial charge in [0.05, 0.1) is 0 Å². The van der Waals surface area contributed by atoms with Gasteiger partial charge in [-0.1, -0.05) is 6.07 Å². The Morgan fingerprint density at radius 1 is 1.17 bits per heavy atom. The highest BCUT2D eigenvalue weighted by Crippen LogP contribution is 2.15. The zero-order valence-corrected chi connectivity index (χ0v) is 13.5. The number of benzene rings is 1. The van der Waals surface area contributed by atoms with Crippen molar-refractivity contribution >= 4 is 17.7 Å². The van der Waals surface area contributed by atoms with Gasteiger partial charge in [-0.2, -0.15) is 0 Å². The van der Waals surface area contributed by atoms with Crippen molar-refractivity contribution in [3.05, 3.63) is 35.1 Å². The number of nitrogens with one attached hydrogen (secondary N) is 1. The third kappa shape index (κ3) is 3.25. The molecule has 2 aliphatic heterocycles. The second-order valence-corrected chi connectivity index (χ2v) is 6.24. The van der Waals surface area contributed by atoms with Crippen LogP contribution in [0.1, 0.15) is 28.8 Å². The predicted octanol–water partition coefficient (Wildman–Crippen LogP) is 0.697. The molecule has 1 aromatic carbocycles. The maximum atomic E-state index is 13.6. The minimum absolute atomic E-state index is 0.0886. The van der Waals surface area contributed by atoms with Gasteiger partial charge in [0.1, 0.15) is 11.9 Å². The van der Waals surface area contributed by atoms with Crippen molar-refractivity contribution in [2.24, 2.45) is 0 Å². The van der Waals surface area contributed by atoms with Gasteiger partial charge in [0.2, 0.25) is 11.8 Å². The molecule has 3 rings (SSSR count). The number of aryl methyl sites for hydroxylation is 1. The summed E-state index contributed by atoms with van der Waals surface area (Å²) in [7, 11) is 0. The fourth-order valence-corrected chi connectivity index (χ4v) is 3.06. The molecule has 3 amide bonds. The number of hydrogen-bond donors (Lipinski definition) is 1. The monoisotopic (exact) mass is 333 g/mol. The average molecular weight is 333 g/mol. The number of halogens is 1. The van der Waals surface area contributed by atoms with E-state index < -0.39 is 11.9 Å². The van der Waals surface area contributed by atoms with Crippen molar-refractivity contribution in [2.45, 2.75) is 25.8 Å². The molecule has 128 valence electrons. The van der Waals surface area contributed by atoms with E-state index in [1.807, 2.05) is 0 Å². The number of amides is 3. The molecule has 7 heteroatoms. The van der Waals surface area contributed by atoms with Gasteiger partial charge in [0.25, 0.3) is 5.91 Å². The number of piperazine rings is 1. The van der Waals surface area contributed by atoms with Gasteiger partial charge in [-0.15, -0.1) is 0 Å². The quantitative estimate of drug-likeness (QED) is 0.866. The van der Waals surface area contributed by atoms with E-state index in [2.05, 4.69) is 5.32 Å². The van der Waals surface area contributed by atoms with Crippen LogP contribution < -0.4 is 5.32 Å². The first kappa shape index (κ1) is 16.4. The third-order valence-electron chi connectivity index (χ3n) is 4.59. The SMILES string of the molecule is Cc1ccc(C(=O)N2CCN(C(=O)C3CCC(=O)N3)CC2)cc1F. The minimum Gasteiger partial charge on any atom is -0.344 e. The van der Waals surface area contributed by atoms with E-state index in [4.69, 9.17) is 0 Å². The van der Waals surface area contributed by atoms with Crippen molar-refractivity contribution in [1.29, 1.82) is 0 Å². The molecule has 2 saturated heterocycles. The van der Waals surface area contributed by atoms with Gasteiger partial charge >= 0.3 is 0 Å². The first-order valence-corrected chi connectivity index (χ1v) is 8.09. The fourth-order valence-electron chi connectivity index (χ4n) is 3.06. The standard InChI is InChI=1S/C17H20FN3O3/c1-11-2-3-12(10-13(11)18)16(23)20-6-8-21(9-7-20)17(24)14-4-5-15(22)19-14/h2-3,10,14H,4-9H2,1H3,(H,19,22). The van der Waals surface area contributed by atoms with Crippen molar-refractivity contribution in [2.75, 3.05) is 26.2 Å². The number of carbonyl (C=O) groups excluding carboxylic acids is 3. The summed E-state index contributed by atoms with van der Waals surface area (Å²) >= 11 is 0. The van der Waals surface area contributed by atoms with Crippen LogP contribution in [-0.2, 0) is 9.59 Å². The summed E-state index contributed by atoms with van der Waals surface area (Å²) in [6, 6.07) is 4.02. The zero-order chi connectivity index (χ0) is 17.3. The summed E-state index contributed by atoms with van der Waals surface area (Å²) in [6.07, 6.45) is 0.910. The summed E-state index contributed by atoms with van der Waals surface area (Å²) in [5.74, 6) is -0.806. The Balaban J connectivity index is 1.58. The maximum absolute atomic E-state index is 13.6. The summed E-state index contributed by atoms with van der Waals surface area (Å²) in [5.41, 5.74) is 0.821. The second kappa shape index (κ2) is 6.59. The van der Waals surface area contributed by atoms with Crippen molar-refractivity contribution < 1.29 is 18.8 Å². The molecule has 0 saturated carbocycles. The maximum Gasteiger partial charge on any atom is 0.254 e. The molecule has 6 nitrogen and oxygen atoms in total. The topological polar surface area (TPSA) is 69.7 Å². The highest BCUT2D eigenvalue weighted by atomic mass is 19.1. The Labute approximate surface area is 139 Å². The van der Waals surface area contributed by atoms with Gasteiger partial charge in [-0.3, -0.25) is 14.4 Å². The molecule has 2 fully saturated rings. The first-order valence-electron chi connectivity index (χ1n) is 8.09. The lowest BCUT2D eigenvalue weighted by molar-refractivity contribution is -0.135. The van der Waals surface area contributed by atoms with Crippen LogP contribution >= 0.6 is 0 Å². The lowest BCUT2D eigenvalue weighted by Crippen LogP contribution is -2.54. The zero-order valence-electron chi connectivity index (χ0n) is 13.5.